The van der Waals surface area contributed by atoms with E-state index >= 15 is 0 Å². The van der Waals surface area contributed by atoms with Crippen molar-refractivity contribution in [2.45, 2.75) is 55.7 Å². The zero-order valence-electron chi connectivity index (χ0n) is 31.0. The molecule has 56 heavy (non-hydrogen) atoms. The third-order valence-corrected chi connectivity index (χ3v) is 12.2. The van der Waals surface area contributed by atoms with E-state index in [9.17, 15) is 19.5 Å². The number of hydrogen-bond donors (Lipinski definition) is 1. The van der Waals surface area contributed by atoms with Crippen LogP contribution in [-0.4, -0.2) is 76.2 Å². The molecule has 1 atom stereocenters. The van der Waals surface area contributed by atoms with Gasteiger partial charge >= 0.3 is 11.9 Å². The Morgan fingerprint density at radius 2 is 1.39 bits per heavy atom. The molecular weight excluding hydrogens is 848 g/mol. The highest BCUT2D eigenvalue weighted by Crippen LogP contribution is 2.54. The molecule has 4 aromatic heterocycles. The first kappa shape index (κ1) is 37.7. The molecule has 0 saturated heterocycles. The van der Waals surface area contributed by atoms with Crippen LogP contribution in [0.25, 0.3) is 22.8 Å². The molecule has 16 heteroatoms. The van der Waals surface area contributed by atoms with Gasteiger partial charge in [-0.2, -0.15) is 10.2 Å². The summed E-state index contributed by atoms with van der Waals surface area (Å²) in [5.41, 5.74) is 6.91. The number of benzene rings is 2. The number of methoxy groups -OCH3 is 2. The van der Waals surface area contributed by atoms with Crippen LogP contribution in [0.2, 0.25) is 0 Å². The summed E-state index contributed by atoms with van der Waals surface area (Å²) in [5.74, 6) is 1.75. The van der Waals surface area contributed by atoms with Crippen molar-refractivity contribution in [1.29, 1.82) is 0 Å². The van der Waals surface area contributed by atoms with E-state index in [2.05, 4.69) is 80.9 Å². The van der Waals surface area contributed by atoms with Gasteiger partial charge < -0.3 is 23.7 Å². The number of aromatic nitrogens is 8. The zero-order chi connectivity index (χ0) is 39.4. The van der Waals surface area contributed by atoms with E-state index in [1.807, 2.05) is 22.9 Å². The van der Waals surface area contributed by atoms with Gasteiger partial charge in [-0.25, -0.2) is 19.6 Å². The number of halogens is 2. The van der Waals surface area contributed by atoms with Crippen LogP contribution >= 0.6 is 31.9 Å². The molecule has 0 spiro atoms. The lowest BCUT2D eigenvalue weighted by molar-refractivity contribution is 0.0581. The van der Waals surface area contributed by atoms with Gasteiger partial charge in [-0.05, 0) is 85.0 Å². The molecule has 2 saturated carbocycles. The van der Waals surface area contributed by atoms with Crippen LogP contribution in [0.15, 0.2) is 76.1 Å². The lowest BCUT2D eigenvalue weighted by Crippen LogP contribution is -2.26. The van der Waals surface area contributed by atoms with Crippen LogP contribution in [0.1, 0.15) is 110 Å². The highest BCUT2D eigenvalue weighted by Gasteiger charge is 2.43. The fourth-order valence-corrected chi connectivity index (χ4v) is 8.88. The molecule has 1 unspecified atom stereocenters. The Balaban J connectivity index is 0.000000136. The van der Waals surface area contributed by atoms with Gasteiger partial charge in [0.25, 0.3) is 0 Å². The lowest BCUT2D eigenvalue weighted by atomic mass is 9.75. The van der Waals surface area contributed by atoms with Crippen LogP contribution in [-0.2, 0) is 23.6 Å². The number of aryl methyl sites for hydroxylation is 2. The topological polar surface area (TPSA) is 161 Å². The molecule has 12 rings (SSSR count). The van der Waals surface area contributed by atoms with Crippen LogP contribution in [0.3, 0.4) is 0 Å². The predicted octanol–water partition coefficient (Wildman–Crippen LogP) is 7.11. The number of ether oxygens (including phenoxy) is 2. The number of aldehydes is 1. The second-order valence-corrected chi connectivity index (χ2v) is 16.1. The molecule has 6 aromatic rings. The standard InChI is InChI=1S/C20H19BrN4O3.C15H13BrN2O2.C5H6N2O/c1-24-15(5-6-22-24)18(26)17-16(20(27)28-2)23-19-14-9-11(21)3-4-13(14)10-7-12(8-10)25(17)19;1-20-15(19)13-7-18-10-4-8(5-10)11-3-2-9(16)6-12(11)14(18)17-13;1-7-5(4-8)2-3-6-7/h3-6,9-10,12,18,26H,7-8H2,1-2H3;2-3,6-8,10H,4-5H2,1H3;2-4H,1H3. The number of carbonyl (C=O) groups is 3. The van der Waals surface area contributed by atoms with Gasteiger partial charge in [0, 0.05) is 64.8 Å². The maximum atomic E-state index is 12.6. The number of aliphatic hydroxyl groups excluding tert-OH is 1. The van der Waals surface area contributed by atoms with Crippen molar-refractivity contribution in [3.8, 4) is 22.8 Å². The Kier molecular flexibility index (Phi) is 10.1. The molecule has 288 valence electrons. The van der Waals surface area contributed by atoms with Gasteiger partial charge in [0.15, 0.2) is 17.7 Å². The van der Waals surface area contributed by atoms with Gasteiger partial charge in [0.1, 0.15) is 23.4 Å². The Morgan fingerprint density at radius 1 is 0.804 bits per heavy atom. The van der Waals surface area contributed by atoms with E-state index in [0.717, 1.165) is 57.9 Å². The quantitative estimate of drug-likeness (QED) is 0.140. The minimum atomic E-state index is -1.03. The first-order valence-corrected chi connectivity index (χ1v) is 19.7. The molecule has 2 aromatic carbocycles. The zero-order valence-corrected chi connectivity index (χ0v) is 34.1. The van der Waals surface area contributed by atoms with E-state index in [0.29, 0.717) is 46.5 Å². The minimum Gasteiger partial charge on any atom is -0.464 e. The summed E-state index contributed by atoms with van der Waals surface area (Å²) in [7, 11) is 6.21. The van der Waals surface area contributed by atoms with Crippen LogP contribution in [0, 0.1) is 0 Å². The number of esters is 2. The summed E-state index contributed by atoms with van der Waals surface area (Å²) in [6.07, 6.45) is 8.96. The van der Waals surface area contributed by atoms with Crippen LogP contribution < -0.4 is 0 Å². The first-order chi connectivity index (χ1) is 27.0. The summed E-state index contributed by atoms with van der Waals surface area (Å²) in [6, 6.07) is 16.6. The van der Waals surface area contributed by atoms with Gasteiger partial charge in [0.05, 0.1) is 25.6 Å². The fourth-order valence-electron chi connectivity index (χ4n) is 8.16. The first-order valence-electron chi connectivity index (χ1n) is 18.1. The highest BCUT2D eigenvalue weighted by atomic mass is 79.9. The number of aliphatic hydroxyl groups is 1. The molecule has 14 nitrogen and oxygen atoms in total. The van der Waals surface area contributed by atoms with Crippen LogP contribution in [0.5, 0.6) is 0 Å². The van der Waals surface area contributed by atoms with Crippen molar-refractivity contribution in [1.82, 2.24) is 38.7 Å². The van der Waals surface area contributed by atoms with Gasteiger partial charge in [0.2, 0.25) is 0 Å². The molecule has 4 bridgehead atoms. The Bertz CT molecular complexity index is 2490. The largest absolute Gasteiger partial charge is 0.464 e. The van der Waals surface area contributed by atoms with E-state index in [-0.39, 0.29) is 17.7 Å². The maximum Gasteiger partial charge on any atom is 0.358 e. The number of hydrogen-bond acceptors (Lipinski definition) is 10. The summed E-state index contributed by atoms with van der Waals surface area (Å²) in [5, 5.41) is 19.1. The third kappa shape index (κ3) is 6.52. The van der Waals surface area contributed by atoms with E-state index in [1.165, 1.54) is 30.0 Å². The molecule has 8 heterocycles. The van der Waals surface area contributed by atoms with Crippen molar-refractivity contribution < 1.29 is 29.0 Å². The molecular formula is C40H38Br2N8O6. The normalized spacial score (nSPS) is 19.6. The number of rotatable bonds is 5. The van der Waals surface area contributed by atoms with Crippen molar-refractivity contribution in [3.05, 3.63) is 116 Å². The summed E-state index contributed by atoms with van der Waals surface area (Å²) in [6.45, 7) is 0. The average molecular weight is 887 g/mol. The minimum absolute atomic E-state index is 0.155. The Morgan fingerprint density at radius 3 is 1.93 bits per heavy atom. The number of nitrogens with zero attached hydrogens (tertiary/aromatic N) is 8. The van der Waals surface area contributed by atoms with Gasteiger partial charge in [-0.3, -0.25) is 14.2 Å². The molecule has 0 amide bonds. The highest BCUT2D eigenvalue weighted by molar-refractivity contribution is 9.10. The number of carbonyl (C=O) groups excluding carboxylic acids is 3. The molecule has 0 radical (unpaired) electrons. The average Bonchev–Trinajstić information content (AvgIpc) is 3.93. The van der Waals surface area contributed by atoms with Crippen molar-refractivity contribution in [2.75, 3.05) is 14.2 Å². The summed E-state index contributed by atoms with van der Waals surface area (Å²) < 4.78 is 19.1. The summed E-state index contributed by atoms with van der Waals surface area (Å²) >= 11 is 7.07. The second-order valence-electron chi connectivity index (χ2n) is 14.3. The van der Waals surface area contributed by atoms with E-state index in [1.54, 1.807) is 43.3 Å². The van der Waals surface area contributed by atoms with Crippen molar-refractivity contribution in [3.63, 3.8) is 0 Å². The molecule has 2 aliphatic carbocycles. The SMILES string of the molecule is COC(=O)c1cn2c(n1)-c1cc(Br)ccc1C1CC2C1.COC(=O)c1nc2n(c1C(O)c1ccnn1C)C1CC(C1)c1ccc(Br)cc1-2.Cn1nccc1C=O. The predicted molar refractivity (Wildman–Crippen MR) is 211 cm³/mol. The fraction of sp³-hybridized carbons (Fsp3) is 0.325. The van der Waals surface area contributed by atoms with Gasteiger partial charge in [-0.1, -0.05) is 44.0 Å². The van der Waals surface area contributed by atoms with E-state index < -0.39 is 12.1 Å². The Hall–Kier alpha value is -5.19. The monoisotopic (exact) mass is 884 g/mol. The van der Waals surface area contributed by atoms with Gasteiger partial charge in [-0.15, -0.1) is 0 Å². The smallest absolute Gasteiger partial charge is 0.358 e. The third-order valence-electron chi connectivity index (χ3n) is 11.2. The van der Waals surface area contributed by atoms with Crippen molar-refractivity contribution >= 4 is 50.1 Å². The molecule has 1 N–H and O–H groups in total. The van der Waals surface area contributed by atoms with Crippen molar-refractivity contribution in [2.24, 2.45) is 14.1 Å². The summed E-state index contributed by atoms with van der Waals surface area (Å²) in [4.78, 5) is 43.5. The van der Waals surface area contributed by atoms with Crippen LogP contribution in [0.4, 0.5) is 0 Å². The lowest BCUT2D eigenvalue weighted by Gasteiger charge is -2.36. The molecule has 2 fully saturated rings. The molecule has 6 aliphatic rings. The second kappa shape index (κ2) is 15.0. The Labute approximate surface area is 338 Å². The maximum absolute atomic E-state index is 12.6. The van der Waals surface area contributed by atoms with E-state index in [4.69, 9.17) is 9.47 Å². The number of imidazole rings is 2. The molecule has 4 aliphatic heterocycles.